The van der Waals surface area contributed by atoms with E-state index in [1.165, 1.54) is 30.3 Å². The molecule has 2 fully saturated rings. The lowest BCUT2D eigenvalue weighted by Gasteiger charge is -2.29. The second-order valence-corrected chi connectivity index (χ2v) is 16.3. The highest BCUT2D eigenvalue weighted by molar-refractivity contribution is 8.06. The molecule has 9 atom stereocenters. The number of carboxylic acids is 1. The topological polar surface area (TPSA) is 353 Å². The molecule has 294 valence electrons. The molecule has 0 bridgehead atoms. The number of H-pyrrole nitrogens is 1. The van der Waals surface area contributed by atoms with Crippen molar-refractivity contribution in [1.29, 1.82) is 0 Å². The molecule has 2 saturated heterocycles. The van der Waals surface area contributed by atoms with Gasteiger partial charge >= 0.3 is 26.1 Å². The van der Waals surface area contributed by atoms with E-state index in [-0.39, 0.29) is 35.9 Å². The first-order chi connectivity index (χ1) is 25.0. The maximum absolute atomic E-state index is 14.5. The van der Waals surface area contributed by atoms with Crippen LogP contribution in [0, 0.1) is 0 Å². The molecule has 11 N–H and O–H groups in total. The number of hydrogen-bond acceptors (Lipinski definition) is 18. The number of aliphatic hydroxyl groups is 2. The van der Waals surface area contributed by atoms with E-state index in [1.54, 1.807) is 0 Å². The zero-order chi connectivity index (χ0) is 38.7. The van der Waals surface area contributed by atoms with Crippen LogP contribution < -0.4 is 27.8 Å². The van der Waals surface area contributed by atoms with Gasteiger partial charge in [0.15, 0.2) is 23.6 Å². The van der Waals surface area contributed by atoms with Gasteiger partial charge in [0.05, 0.1) is 19.5 Å². The molecule has 5 rings (SSSR count). The Kier molecular flexibility index (Phi) is 13.2. The largest absolute Gasteiger partial charge is 0.481 e. The fourth-order valence-corrected chi connectivity index (χ4v) is 7.80. The number of fused-ring (bicyclic) bond motifs is 1. The van der Waals surface area contributed by atoms with E-state index in [9.17, 15) is 38.9 Å². The minimum absolute atomic E-state index is 0.0251. The number of hydrogen-bond donors (Lipinski definition) is 9. The summed E-state index contributed by atoms with van der Waals surface area (Å²) >= 11 is 4.59. The molecule has 0 aliphatic carbocycles. The Bertz CT molecular complexity index is 1980. The number of aliphatic carboxylic acids is 1. The molecule has 0 radical (unpaired) electrons. The maximum atomic E-state index is 14.5. The average molecular weight is 812 g/mol. The molecule has 0 aromatic carbocycles. The highest BCUT2D eigenvalue weighted by Gasteiger charge is 2.52. The molecule has 0 unspecified atom stereocenters. The molecule has 24 nitrogen and oxygen atoms in total. The Hall–Kier alpha value is -3.26. The van der Waals surface area contributed by atoms with Crippen LogP contribution in [0.25, 0.3) is 11.2 Å². The third-order valence-corrected chi connectivity index (χ3v) is 10.6. The minimum Gasteiger partial charge on any atom is -0.481 e. The summed E-state index contributed by atoms with van der Waals surface area (Å²) in [5, 5.41) is 33.1. The van der Waals surface area contributed by atoms with Crippen molar-refractivity contribution in [2.75, 3.05) is 38.3 Å². The monoisotopic (exact) mass is 811 g/mol. The normalized spacial score (nSPS) is 27.3. The molecule has 0 spiro atoms. The Morgan fingerprint density at radius 2 is 1.75 bits per heavy atom. The molecule has 27 heteroatoms. The van der Waals surface area contributed by atoms with Crippen molar-refractivity contribution >= 4 is 55.2 Å². The molecule has 0 amide bonds. The molecule has 3 aromatic heterocycles. The number of ether oxygens (including phenoxy) is 3. The number of aromatic nitrogens is 6. The molecule has 5 heterocycles. The van der Waals surface area contributed by atoms with Crippen LogP contribution >= 0.6 is 14.5 Å². The number of nitrogens with zero attached hydrogens (tertiary/aromatic N) is 5. The number of methoxy groups -OCH3 is 1. The van der Waals surface area contributed by atoms with Gasteiger partial charge in [0.2, 0.25) is 5.95 Å². The van der Waals surface area contributed by atoms with E-state index in [0.29, 0.717) is 19.3 Å². The number of unbranched alkanes of at least 4 members (excludes halogenated alkanes) is 2. The van der Waals surface area contributed by atoms with Crippen molar-refractivity contribution in [2.24, 2.45) is 0 Å². The predicted octanol–water partition coefficient (Wildman–Crippen LogP) is -1.96. The standard InChI is InChI=1S/C26H39N9O15P2S/c1-45-20-19(13(10-47-52(43,44)53)49-24(20)35-11-29-16-21(35)32-25(28)33-22(16)40)50-51(42,30-7-4-2-3-5-15(36)37)46-9-12-17(38)18(39)23(48-12)34-8-6-14(27)31-26(34)41/h6,8,11-13,17-20,23-24,38-39H,2-5,7,9-10H2,1H3,(H,30,42)(H,36,37)(H2,27,31,41)(H2,43,44,53)(H3,28,32,33,40)/t12-,13-,17-,18-,19-,20-,23-,24-,51+/m1/s1. The number of carboxylic acid groups (broad SMARTS) is 1. The lowest BCUT2D eigenvalue weighted by Crippen LogP contribution is -2.39. The zero-order valence-electron chi connectivity index (χ0n) is 27.8. The Morgan fingerprint density at radius 3 is 2.43 bits per heavy atom. The fraction of sp³-hybridized carbons (Fsp3) is 0.615. The summed E-state index contributed by atoms with van der Waals surface area (Å²) in [6.45, 7) is -5.62. The average Bonchev–Trinajstić information content (AvgIpc) is 3.73. The molecule has 53 heavy (non-hydrogen) atoms. The first-order valence-corrected chi connectivity index (χ1v) is 20.0. The van der Waals surface area contributed by atoms with E-state index in [0.717, 1.165) is 4.57 Å². The Balaban J connectivity index is 1.41. The first-order valence-electron chi connectivity index (χ1n) is 15.9. The Morgan fingerprint density at radius 1 is 1.04 bits per heavy atom. The van der Waals surface area contributed by atoms with Crippen molar-refractivity contribution in [2.45, 2.75) is 74.8 Å². The van der Waals surface area contributed by atoms with Crippen LogP contribution in [0.5, 0.6) is 0 Å². The smallest absolute Gasteiger partial charge is 0.406 e. The highest BCUT2D eigenvalue weighted by Crippen LogP contribution is 2.51. The number of nitrogens with two attached hydrogens (primary N) is 2. The van der Waals surface area contributed by atoms with Crippen molar-refractivity contribution in [3.8, 4) is 0 Å². The number of aliphatic hydroxyl groups excluding tert-OH is 2. The first kappa shape index (κ1) is 40.9. The van der Waals surface area contributed by atoms with Crippen molar-refractivity contribution in [3.63, 3.8) is 0 Å². The fourth-order valence-electron chi connectivity index (χ4n) is 5.70. The summed E-state index contributed by atoms with van der Waals surface area (Å²) < 4.78 is 51.1. The van der Waals surface area contributed by atoms with Crippen LogP contribution in [0.15, 0.2) is 28.2 Å². The SMILES string of the molecule is CO[C@@H]1[C@H](O[P@](=O)(NCCCCCC(=O)O)OC[C@H]2O[C@@H](n3ccc(N)nc3=O)[C@H](O)[C@@H]2O)[C@@H](COP(O)(O)=S)O[C@H]1n1cnc2c(=O)[nH]c(N)nc21. The predicted molar refractivity (Wildman–Crippen MR) is 183 cm³/mol. The Labute approximate surface area is 303 Å². The molecular weight excluding hydrogens is 772 g/mol. The minimum atomic E-state index is -4.57. The summed E-state index contributed by atoms with van der Waals surface area (Å²) in [6.07, 6.45) is -7.95. The molecule has 2 aliphatic rings. The highest BCUT2D eigenvalue weighted by atomic mass is 32.5. The van der Waals surface area contributed by atoms with E-state index in [1.807, 2.05) is 0 Å². The molecule has 3 aromatic rings. The van der Waals surface area contributed by atoms with Crippen LogP contribution in [0.3, 0.4) is 0 Å². The van der Waals surface area contributed by atoms with Gasteiger partial charge in [-0.05, 0) is 30.7 Å². The third kappa shape index (κ3) is 9.89. The van der Waals surface area contributed by atoms with Crippen LogP contribution in [0.1, 0.15) is 38.1 Å². The van der Waals surface area contributed by atoms with Crippen LogP contribution in [0.4, 0.5) is 11.8 Å². The van der Waals surface area contributed by atoms with Crippen LogP contribution in [-0.4, -0.2) is 124 Å². The number of nitrogen functional groups attached to an aromatic ring is 2. The maximum Gasteiger partial charge on any atom is 0.406 e. The second kappa shape index (κ2) is 17.0. The van der Waals surface area contributed by atoms with Gasteiger partial charge in [0.25, 0.3) is 5.56 Å². The van der Waals surface area contributed by atoms with Gasteiger partial charge in [-0.25, -0.2) is 19.4 Å². The summed E-state index contributed by atoms with van der Waals surface area (Å²) in [6, 6.07) is 1.28. The molecule has 0 saturated carbocycles. The van der Waals surface area contributed by atoms with Gasteiger partial charge in [-0.15, -0.1) is 0 Å². The van der Waals surface area contributed by atoms with Gasteiger partial charge < -0.3 is 55.3 Å². The quantitative estimate of drug-likeness (QED) is 0.0497. The van der Waals surface area contributed by atoms with E-state index in [4.69, 9.17) is 44.4 Å². The van der Waals surface area contributed by atoms with Gasteiger partial charge in [0.1, 0.15) is 42.4 Å². The van der Waals surface area contributed by atoms with Gasteiger partial charge in [-0.2, -0.15) is 9.97 Å². The van der Waals surface area contributed by atoms with Gasteiger partial charge in [0, 0.05) is 26.3 Å². The number of imidazole rings is 1. The number of nitrogens with one attached hydrogen (secondary N) is 2. The third-order valence-electron chi connectivity index (χ3n) is 8.19. The van der Waals surface area contributed by atoms with Crippen LogP contribution in [0.2, 0.25) is 0 Å². The van der Waals surface area contributed by atoms with Crippen LogP contribution in [-0.2, 0) is 48.9 Å². The number of carbonyl (C=O) groups is 1. The zero-order valence-corrected chi connectivity index (χ0v) is 30.4. The molecule has 2 aliphatic heterocycles. The lowest BCUT2D eigenvalue weighted by molar-refractivity contribution is -0.137. The number of anilines is 2. The molecular formula is C26H39N9O15P2S. The van der Waals surface area contributed by atoms with E-state index in [2.05, 4.69) is 36.8 Å². The van der Waals surface area contributed by atoms with Gasteiger partial charge in [-0.3, -0.25) is 32.8 Å². The van der Waals surface area contributed by atoms with Crippen molar-refractivity contribution < 1.29 is 62.2 Å². The summed E-state index contributed by atoms with van der Waals surface area (Å²) in [7, 11) is -3.31. The van der Waals surface area contributed by atoms with E-state index < -0.39 is 94.0 Å². The van der Waals surface area contributed by atoms with Crippen molar-refractivity contribution in [3.05, 3.63) is 39.4 Å². The van der Waals surface area contributed by atoms with Gasteiger partial charge in [-0.1, -0.05) is 6.42 Å². The lowest BCUT2D eigenvalue weighted by atomic mass is 10.1. The van der Waals surface area contributed by atoms with Crippen molar-refractivity contribution in [1.82, 2.24) is 34.2 Å². The summed E-state index contributed by atoms with van der Waals surface area (Å²) in [4.78, 5) is 69.5. The number of aromatic amines is 1. The second-order valence-electron chi connectivity index (χ2n) is 11.9. The number of rotatable bonds is 18. The summed E-state index contributed by atoms with van der Waals surface area (Å²) in [5.41, 5.74) is 9.64. The van der Waals surface area contributed by atoms with E-state index >= 15 is 0 Å². The summed E-state index contributed by atoms with van der Waals surface area (Å²) in [5.74, 6) is -1.31.